The molecule has 0 unspecified atom stereocenters. The lowest BCUT2D eigenvalue weighted by atomic mass is 9.90. The third-order valence-corrected chi connectivity index (χ3v) is 8.76. The lowest BCUT2D eigenvalue weighted by molar-refractivity contribution is 0.0696. The van der Waals surface area contributed by atoms with Crippen molar-refractivity contribution in [3.05, 3.63) is 99.8 Å². The molecule has 7 heteroatoms. The summed E-state index contributed by atoms with van der Waals surface area (Å²) in [6.45, 7) is 2.09. The highest BCUT2D eigenvalue weighted by atomic mass is 32.2. The molecule has 1 heterocycles. The van der Waals surface area contributed by atoms with Gasteiger partial charge in [-0.25, -0.2) is 22.5 Å². The highest BCUT2D eigenvalue weighted by Gasteiger charge is 2.29. The zero-order valence-corrected chi connectivity index (χ0v) is 20.5. The summed E-state index contributed by atoms with van der Waals surface area (Å²) in [5.41, 5.74) is 6.67. The molecule has 2 aliphatic carbocycles. The average molecular weight is 489 g/mol. The van der Waals surface area contributed by atoms with Gasteiger partial charge in [-0.05, 0) is 103 Å². The Hall–Kier alpha value is -3.45. The van der Waals surface area contributed by atoms with Crippen LogP contribution in [0.15, 0.2) is 65.7 Å². The maximum atomic E-state index is 14.0. The van der Waals surface area contributed by atoms with Crippen LogP contribution in [0.3, 0.4) is 0 Å². The first-order valence-corrected chi connectivity index (χ1v) is 13.4. The standard InChI is InChI=1S/C28H28N2O4S/c1-19-26-9-5-4-8-24(26)17-29-27(19)30(18-20-10-11-21-6-2-3-7-23(21)16-20)35(33,34)25-14-12-22(13-15-25)28(31)32/h4-5,10-17H,2-3,6-9,18H2,1H3,(H,31,32). The number of anilines is 1. The van der Waals surface area contributed by atoms with Crippen molar-refractivity contribution < 1.29 is 18.3 Å². The number of carboxylic acid groups (broad SMARTS) is 1. The van der Waals surface area contributed by atoms with Gasteiger partial charge in [0.2, 0.25) is 0 Å². The number of benzene rings is 2. The number of hydrogen-bond acceptors (Lipinski definition) is 4. The summed E-state index contributed by atoms with van der Waals surface area (Å²) in [6.07, 6.45) is 11.9. The van der Waals surface area contributed by atoms with Gasteiger partial charge in [-0.2, -0.15) is 0 Å². The summed E-state index contributed by atoms with van der Waals surface area (Å²) in [5.74, 6) is -0.681. The Kier molecular flexibility index (Phi) is 6.19. The van der Waals surface area contributed by atoms with E-state index in [0.29, 0.717) is 5.82 Å². The largest absolute Gasteiger partial charge is 0.478 e. The van der Waals surface area contributed by atoms with E-state index >= 15 is 0 Å². The number of allylic oxidation sites excluding steroid dienone is 2. The highest BCUT2D eigenvalue weighted by molar-refractivity contribution is 7.92. The van der Waals surface area contributed by atoms with Crippen LogP contribution in [0.25, 0.3) is 0 Å². The third kappa shape index (κ3) is 4.48. The number of rotatable bonds is 6. The Balaban J connectivity index is 1.60. The van der Waals surface area contributed by atoms with E-state index in [2.05, 4.69) is 29.3 Å². The molecule has 0 atom stereocenters. The van der Waals surface area contributed by atoms with Gasteiger partial charge in [0.05, 0.1) is 17.0 Å². The van der Waals surface area contributed by atoms with E-state index in [1.807, 2.05) is 13.0 Å². The van der Waals surface area contributed by atoms with E-state index in [0.717, 1.165) is 54.4 Å². The maximum absolute atomic E-state index is 14.0. The van der Waals surface area contributed by atoms with Gasteiger partial charge in [0.1, 0.15) is 5.82 Å². The van der Waals surface area contributed by atoms with Crippen molar-refractivity contribution in [2.24, 2.45) is 0 Å². The molecule has 2 aliphatic rings. The first-order chi connectivity index (χ1) is 16.8. The molecule has 0 radical (unpaired) electrons. The SMILES string of the molecule is Cc1c(N(Cc2ccc3c(c2)CCCC3)S(=O)(=O)c2ccc(C(=O)O)cc2)ncc2c1CC=CC2. The molecule has 0 spiro atoms. The topological polar surface area (TPSA) is 87.6 Å². The molecule has 35 heavy (non-hydrogen) atoms. The van der Waals surface area contributed by atoms with Crippen LogP contribution in [0, 0.1) is 6.92 Å². The van der Waals surface area contributed by atoms with Crippen LogP contribution >= 0.6 is 0 Å². The fourth-order valence-corrected chi connectivity index (χ4v) is 6.50. The summed E-state index contributed by atoms with van der Waals surface area (Å²) >= 11 is 0. The van der Waals surface area contributed by atoms with E-state index < -0.39 is 16.0 Å². The van der Waals surface area contributed by atoms with Gasteiger partial charge in [-0.1, -0.05) is 30.4 Å². The molecule has 0 amide bonds. The predicted molar refractivity (Wildman–Crippen MR) is 135 cm³/mol. The van der Waals surface area contributed by atoms with Crippen LogP contribution in [-0.4, -0.2) is 24.5 Å². The second-order valence-electron chi connectivity index (χ2n) is 9.24. The van der Waals surface area contributed by atoms with E-state index in [1.165, 1.54) is 46.1 Å². The first kappa shape index (κ1) is 23.3. The number of fused-ring (bicyclic) bond motifs is 2. The number of aromatic nitrogens is 1. The van der Waals surface area contributed by atoms with Crippen LogP contribution in [0.4, 0.5) is 5.82 Å². The van der Waals surface area contributed by atoms with E-state index in [1.54, 1.807) is 6.20 Å². The number of nitrogens with zero attached hydrogens (tertiary/aromatic N) is 2. The van der Waals surface area contributed by atoms with Crippen molar-refractivity contribution in [2.75, 3.05) is 4.31 Å². The van der Waals surface area contributed by atoms with Crippen molar-refractivity contribution >= 4 is 21.8 Å². The lowest BCUT2D eigenvalue weighted by Crippen LogP contribution is -2.32. The van der Waals surface area contributed by atoms with Crippen LogP contribution in [0.5, 0.6) is 0 Å². The van der Waals surface area contributed by atoms with Gasteiger partial charge >= 0.3 is 5.97 Å². The monoisotopic (exact) mass is 488 g/mol. The minimum absolute atomic E-state index is 0.0410. The maximum Gasteiger partial charge on any atom is 0.335 e. The van der Waals surface area contributed by atoms with Gasteiger partial charge < -0.3 is 5.11 Å². The third-order valence-electron chi connectivity index (χ3n) is 7.01. The van der Waals surface area contributed by atoms with Crippen molar-refractivity contribution in [3.63, 3.8) is 0 Å². The number of aromatic carboxylic acids is 1. The van der Waals surface area contributed by atoms with Crippen molar-refractivity contribution in [1.29, 1.82) is 0 Å². The Labute approximate surface area is 206 Å². The summed E-state index contributed by atoms with van der Waals surface area (Å²) < 4.78 is 29.3. The minimum Gasteiger partial charge on any atom is -0.478 e. The van der Waals surface area contributed by atoms with Gasteiger partial charge in [0, 0.05) is 6.20 Å². The second kappa shape index (κ2) is 9.30. The van der Waals surface area contributed by atoms with Crippen LogP contribution in [0.1, 0.15) is 56.6 Å². The van der Waals surface area contributed by atoms with Crippen LogP contribution < -0.4 is 4.31 Å². The molecule has 3 aromatic rings. The van der Waals surface area contributed by atoms with Gasteiger partial charge in [0.15, 0.2) is 0 Å². The van der Waals surface area contributed by atoms with Crippen LogP contribution in [0.2, 0.25) is 0 Å². The molecule has 0 aliphatic heterocycles. The first-order valence-electron chi connectivity index (χ1n) is 11.9. The van der Waals surface area contributed by atoms with Gasteiger partial charge in [-0.15, -0.1) is 0 Å². The Bertz CT molecular complexity index is 1430. The highest BCUT2D eigenvalue weighted by Crippen LogP contribution is 2.32. The second-order valence-corrected chi connectivity index (χ2v) is 11.1. The summed E-state index contributed by atoms with van der Waals surface area (Å²) in [6, 6.07) is 11.6. The molecule has 0 bridgehead atoms. The van der Waals surface area contributed by atoms with E-state index in [9.17, 15) is 18.3 Å². The zero-order chi connectivity index (χ0) is 24.6. The molecule has 0 saturated heterocycles. The molecular formula is C28H28N2O4S. The summed E-state index contributed by atoms with van der Waals surface area (Å²) in [4.78, 5) is 16.0. The molecule has 0 fully saturated rings. The summed E-state index contributed by atoms with van der Waals surface area (Å²) in [5, 5.41) is 9.23. The van der Waals surface area contributed by atoms with E-state index in [4.69, 9.17) is 0 Å². The molecule has 180 valence electrons. The number of sulfonamides is 1. The fourth-order valence-electron chi connectivity index (χ4n) is 5.03. The molecule has 1 aromatic heterocycles. The molecule has 2 aromatic carbocycles. The number of aryl methyl sites for hydroxylation is 2. The fraction of sp³-hybridized carbons (Fsp3) is 0.286. The van der Waals surface area contributed by atoms with Crippen molar-refractivity contribution in [2.45, 2.75) is 56.9 Å². The normalized spacial score (nSPS) is 14.8. The number of carboxylic acids is 1. The van der Waals surface area contributed by atoms with Gasteiger partial charge in [0.25, 0.3) is 10.0 Å². The lowest BCUT2D eigenvalue weighted by Gasteiger charge is -2.28. The number of hydrogen-bond donors (Lipinski definition) is 1. The molecular weight excluding hydrogens is 460 g/mol. The Morgan fingerprint density at radius 2 is 1.69 bits per heavy atom. The molecule has 0 saturated carbocycles. The smallest absolute Gasteiger partial charge is 0.335 e. The van der Waals surface area contributed by atoms with E-state index in [-0.39, 0.29) is 17.0 Å². The molecule has 5 rings (SSSR count). The quantitative estimate of drug-likeness (QED) is 0.493. The van der Waals surface area contributed by atoms with Crippen molar-refractivity contribution in [1.82, 2.24) is 4.98 Å². The zero-order valence-electron chi connectivity index (χ0n) is 19.7. The molecule has 1 N–H and O–H groups in total. The number of carbonyl (C=O) groups is 1. The predicted octanol–water partition coefficient (Wildman–Crippen LogP) is 5.02. The average Bonchev–Trinajstić information content (AvgIpc) is 2.88. The number of pyridine rings is 1. The Morgan fingerprint density at radius 3 is 2.43 bits per heavy atom. The molecule has 6 nitrogen and oxygen atoms in total. The van der Waals surface area contributed by atoms with Gasteiger partial charge in [-0.3, -0.25) is 0 Å². The Morgan fingerprint density at radius 1 is 0.971 bits per heavy atom. The minimum atomic E-state index is -4.01. The summed E-state index contributed by atoms with van der Waals surface area (Å²) in [7, 11) is -4.01. The van der Waals surface area contributed by atoms with Crippen molar-refractivity contribution in [3.8, 4) is 0 Å². The van der Waals surface area contributed by atoms with Crippen LogP contribution in [-0.2, 0) is 42.3 Å².